The van der Waals surface area contributed by atoms with Crippen molar-refractivity contribution in [1.29, 1.82) is 0 Å². The van der Waals surface area contributed by atoms with Gasteiger partial charge < -0.3 is 15.3 Å². The van der Waals surface area contributed by atoms with Gasteiger partial charge in [-0.3, -0.25) is 9.59 Å². The van der Waals surface area contributed by atoms with E-state index in [0.29, 0.717) is 12.8 Å². The van der Waals surface area contributed by atoms with E-state index < -0.39 is 5.41 Å². The summed E-state index contributed by atoms with van der Waals surface area (Å²) in [7, 11) is 0. The molecule has 1 aromatic carbocycles. The molecule has 0 heterocycles. The molecule has 0 aromatic heterocycles. The van der Waals surface area contributed by atoms with Crippen LogP contribution in [0.4, 0.5) is 0 Å². The Morgan fingerprint density at radius 2 is 1.27 bits per heavy atom. The highest BCUT2D eigenvalue weighted by Crippen LogP contribution is 2.31. The normalized spacial score (nSPS) is 16.3. The van der Waals surface area contributed by atoms with Crippen LogP contribution in [-0.2, 0) is 15.0 Å². The van der Waals surface area contributed by atoms with Gasteiger partial charge in [0.15, 0.2) is 0 Å². The second-order valence-corrected chi connectivity index (χ2v) is 8.52. The molecule has 0 unspecified atom stereocenters. The Hall–Kier alpha value is -1.56. The van der Waals surface area contributed by atoms with E-state index in [4.69, 9.17) is 15.3 Å². The van der Waals surface area contributed by atoms with Crippen molar-refractivity contribution in [1.82, 2.24) is 0 Å². The Kier molecular flexibility index (Phi) is 8.13. The third kappa shape index (κ3) is 6.63. The Morgan fingerprint density at radius 1 is 0.846 bits per heavy atom. The molecular formula is C21H32O5. The predicted molar refractivity (Wildman–Crippen MR) is 101 cm³/mol. The van der Waals surface area contributed by atoms with Crippen molar-refractivity contribution in [2.45, 2.75) is 58.3 Å². The van der Waals surface area contributed by atoms with Gasteiger partial charge in [0.05, 0.1) is 26.2 Å². The fourth-order valence-electron chi connectivity index (χ4n) is 2.63. The van der Waals surface area contributed by atoms with Crippen molar-refractivity contribution < 1.29 is 24.9 Å². The van der Waals surface area contributed by atoms with E-state index in [2.05, 4.69) is 45.0 Å². The van der Waals surface area contributed by atoms with Crippen LogP contribution in [0.25, 0.3) is 0 Å². The number of ketones is 2. The largest absolute Gasteiger partial charge is 0.396 e. The summed E-state index contributed by atoms with van der Waals surface area (Å²) in [5, 5.41) is 25.4. The van der Waals surface area contributed by atoms with Crippen LogP contribution in [0.15, 0.2) is 24.3 Å². The molecule has 1 fully saturated rings. The highest BCUT2D eigenvalue weighted by atomic mass is 16.3. The summed E-state index contributed by atoms with van der Waals surface area (Å²) in [6.07, 6.45) is 1.16. The molecule has 0 aliphatic heterocycles. The second kappa shape index (κ2) is 9.40. The number of carbonyl (C=O) groups excluding carboxylic acids is 2. The summed E-state index contributed by atoms with van der Waals surface area (Å²) in [5.41, 5.74) is 1.82. The number of Topliss-reactive ketones (excluding diaryl/α,β-unsaturated/α-hetero) is 2. The Morgan fingerprint density at radius 3 is 1.58 bits per heavy atom. The van der Waals surface area contributed by atoms with Gasteiger partial charge in [-0.1, -0.05) is 52.0 Å². The first-order chi connectivity index (χ1) is 12.0. The highest BCUT2D eigenvalue weighted by Gasteiger charge is 2.26. The zero-order chi connectivity index (χ0) is 20.0. The maximum atomic E-state index is 11.5. The number of hydrogen-bond acceptors (Lipinski definition) is 5. The molecule has 1 saturated carbocycles. The number of benzene rings is 1. The molecule has 0 spiro atoms. The van der Waals surface area contributed by atoms with Gasteiger partial charge in [-0.15, -0.1) is 0 Å². The molecule has 1 aliphatic carbocycles. The summed E-state index contributed by atoms with van der Waals surface area (Å²) in [4.78, 5) is 22.9. The van der Waals surface area contributed by atoms with E-state index in [1.165, 1.54) is 5.56 Å². The average molecular weight is 364 g/mol. The molecule has 0 radical (unpaired) electrons. The van der Waals surface area contributed by atoms with Crippen molar-refractivity contribution in [2.75, 3.05) is 19.8 Å². The van der Waals surface area contributed by atoms with Crippen LogP contribution >= 0.6 is 0 Å². The Labute approximate surface area is 156 Å². The smallest absolute Gasteiger partial charge is 0.140 e. The summed E-state index contributed by atoms with van der Waals surface area (Å²) in [6.45, 7) is 7.59. The van der Waals surface area contributed by atoms with Gasteiger partial charge in [-0.25, -0.2) is 0 Å². The second-order valence-electron chi connectivity index (χ2n) is 8.52. The first-order valence-electron chi connectivity index (χ1n) is 9.01. The van der Waals surface area contributed by atoms with E-state index in [1.54, 1.807) is 6.92 Å². The molecule has 1 aromatic rings. The Bertz CT molecular complexity index is 570. The molecule has 1 aliphatic rings. The van der Waals surface area contributed by atoms with E-state index >= 15 is 0 Å². The van der Waals surface area contributed by atoms with Gasteiger partial charge in [0, 0.05) is 18.3 Å². The van der Waals surface area contributed by atoms with Crippen molar-refractivity contribution in [2.24, 2.45) is 5.41 Å². The van der Waals surface area contributed by atoms with Gasteiger partial charge in [-0.2, -0.15) is 0 Å². The summed E-state index contributed by atoms with van der Waals surface area (Å²) < 4.78 is 0. The first kappa shape index (κ1) is 22.5. The summed E-state index contributed by atoms with van der Waals surface area (Å²) >= 11 is 0. The minimum absolute atomic E-state index is 0.0798. The maximum Gasteiger partial charge on any atom is 0.140 e. The third-order valence-corrected chi connectivity index (χ3v) is 4.74. The third-order valence-electron chi connectivity index (χ3n) is 4.74. The number of hydrogen-bond donors (Lipinski definition) is 3. The van der Waals surface area contributed by atoms with Crippen LogP contribution < -0.4 is 0 Å². The number of aliphatic hydroxyl groups excluding tert-OH is 3. The molecule has 2 rings (SSSR count). The monoisotopic (exact) mass is 364 g/mol. The van der Waals surface area contributed by atoms with Gasteiger partial charge in [-0.05, 0) is 22.5 Å². The fraction of sp³-hybridized carbons (Fsp3) is 0.619. The first-order valence-corrected chi connectivity index (χ1v) is 9.01. The number of aliphatic hydroxyl groups is 3. The van der Waals surface area contributed by atoms with E-state index in [-0.39, 0.29) is 49.1 Å². The van der Waals surface area contributed by atoms with Crippen molar-refractivity contribution in [3.8, 4) is 0 Å². The molecular weight excluding hydrogens is 332 g/mol. The lowest BCUT2D eigenvalue weighted by Crippen LogP contribution is -2.29. The minimum Gasteiger partial charge on any atom is -0.396 e. The molecule has 5 nitrogen and oxygen atoms in total. The average Bonchev–Trinajstić information content (AvgIpc) is 2.60. The fourth-order valence-corrected chi connectivity index (χ4v) is 2.63. The van der Waals surface area contributed by atoms with E-state index in [9.17, 15) is 9.59 Å². The van der Waals surface area contributed by atoms with Crippen LogP contribution in [0.3, 0.4) is 0 Å². The van der Waals surface area contributed by atoms with Crippen LogP contribution in [0.5, 0.6) is 0 Å². The summed E-state index contributed by atoms with van der Waals surface area (Å²) in [6, 6.07) is 8.35. The van der Waals surface area contributed by atoms with Gasteiger partial charge in [0.25, 0.3) is 0 Å². The lowest BCUT2D eigenvalue weighted by Gasteiger charge is -2.23. The SMILES string of the molecule is CC(C)(C)c1ccc(C2CC(=O)CC(=O)C2)cc1.CC(CO)(CO)CO. The Balaban J connectivity index is 0.000000359. The van der Waals surface area contributed by atoms with Gasteiger partial charge in [0.2, 0.25) is 0 Å². The van der Waals surface area contributed by atoms with E-state index in [0.717, 1.165) is 5.56 Å². The molecule has 146 valence electrons. The molecule has 0 atom stereocenters. The summed E-state index contributed by atoms with van der Waals surface area (Å²) in [5.74, 6) is 0.250. The van der Waals surface area contributed by atoms with Crippen LogP contribution in [0.1, 0.15) is 64.0 Å². The minimum atomic E-state index is -0.708. The molecule has 0 saturated heterocycles. The highest BCUT2D eigenvalue weighted by molar-refractivity contribution is 6.02. The molecule has 26 heavy (non-hydrogen) atoms. The van der Waals surface area contributed by atoms with Crippen LogP contribution in [-0.4, -0.2) is 46.7 Å². The lowest BCUT2D eigenvalue weighted by molar-refractivity contribution is -0.130. The zero-order valence-corrected chi connectivity index (χ0v) is 16.3. The van der Waals surface area contributed by atoms with Crippen molar-refractivity contribution >= 4 is 11.6 Å². The quantitative estimate of drug-likeness (QED) is 0.713. The van der Waals surface area contributed by atoms with Crippen LogP contribution in [0, 0.1) is 5.41 Å². The molecule has 3 N–H and O–H groups in total. The van der Waals surface area contributed by atoms with Crippen molar-refractivity contribution in [3.05, 3.63) is 35.4 Å². The molecule has 0 amide bonds. The molecule has 5 heteroatoms. The van der Waals surface area contributed by atoms with Crippen LogP contribution in [0.2, 0.25) is 0 Å². The van der Waals surface area contributed by atoms with Gasteiger partial charge >= 0.3 is 0 Å². The van der Waals surface area contributed by atoms with Crippen molar-refractivity contribution in [3.63, 3.8) is 0 Å². The standard InChI is InChI=1S/C16H20O2.C5H12O3/c1-16(2,3)13-6-4-11(5-7-13)12-8-14(17)10-15(18)9-12;1-5(2-6,3-7)4-8/h4-7,12H,8-10H2,1-3H3;6-8H,2-4H2,1H3. The lowest BCUT2D eigenvalue weighted by atomic mass is 9.80. The zero-order valence-electron chi connectivity index (χ0n) is 16.3. The number of carbonyl (C=O) groups is 2. The molecule has 0 bridgehead atoms. The predicted octanol–water partition coefficient (Wildman–Crippen LogP) is 2.36. The topological polar surface area (TPSA) is 94.8 Å². The number of rotatable bonds is 4. The van der Waals surface area contributed by atoms with Gasteiger partial charge in [0.1, 0.15) is 11.6 Å². The maximum absolute atomic E-state index is 11.5. The van der Waals surface area contributed by atoms with E-state index in [1.807, 2.05) is 0 Å².